The van der Waals surface area contributed by atoms with Crippen LogP contribution in [0.25, 0.3) is 0 Å². The lowest BCUT2D eigenvalue weighted by Crippen LogP contribution is -2.28. The lowest BCUT2D eigenvalue weighted by atomic mass is 10.1. The van der Waals surface area contributed by atoms with Crippen molar-refractivity contribution in [3.05, 3.63) is 65.2 Å². The van der Waals surface area contributed by atoms with E-state index in [2.05, 4.69) is 10.6 Å². The van der Waals surface area contributed by atoms with Crippen LogP contribution in [0.1, 0.15) is 23.6 Å². The molecule has 0 fully saturated rings. The average molecular weight is 320 g/mol. The minimum absolute atomic E-state index is 0.0646. The predicted molar refractivity (Wildman–Crippen MR) is 84.2 cm³/mol. The number of aliphatic hydroxyl groups excluding tert-OH is 1. The van der Waals surface area contributed by atoms with E-state index in [-0.39, 0.29) is 18.7 Å². The number of hydrogen-bond acceptors (Lipinski definition) is 2. The van der Waals surface area contributed by atoms with Gasteiger partial charge in [-0.15, -0.1) is 0 Å². The Labute approximate surface area is 133 Å². The molecule has 2 amide bonds. The molecule has 2 rings (SSSR count). The number of benzene rings is 2. The SMILES string of the molecule is CC(F)(F)c1cccc(CNC(=O)Nc2ccc(CO)cc2)c1. The quantitative estimate of drug-likeness (QED) is 0.788. The van der Waals surface area contributed by atoms with Gasteiger partial charge in [0.15, 0.2) is 0 Å². The number of aliphatic hydroxyl groups is 1. The van der Waals surface area contributed by atoms with Gasteiger partial charge in [-0.2, -0.15) is 0 Å². The molecule has 0 saturated carbocycles. The lowest BCUT2D eigenvalue weighted by Gasteiger charge is -2.12. The number of hydrogen-bond donors (Lipinski definition) is 3. The van der Waals surface area contributed by atoms with Crippen LogP contribution in [-0.4, -0.2) is 11.1 Å². The summed E-state index contributed by atoms with van der Waals surface area (Å²) in [5.41, 5.74) is 1.83. The first-order valence-corrected chi connectivity index (χ1v) is 7.10. The van der Waals surface area contributed by atoms with Crippen LogP contribution in [0.5, 0.6) is 0 Å². The monoisotopic (exact) mass is 320 g/mol. The molecule has 0 saturated heterocycles. The molecule has 23 heavy (non-hydrogen) atoms. The van der Waals surface area contributed by atoms with Gasteiger partial charge in [0.05, 0.1) is 6.61 Å². The third kappa shape index (κ3) is 5.03. The number of nitrogens with one attached hydrogen (secondary N) is 2. The summed E-state index contributed by atoms with van der Waals surface area (Å²) in [6.07, 6.45) is 0. The first-order chi connectivity index (χ1) is 10.9. The van der Waals surface area contributed by atoms with Gasteiger partial charge in [-0.1, -0.05) is 30.3 Å². The molecule has 0 aliphatic rings. The zero-order valence-corrected chi connectivity index (χ0v) is 12.6. The molecule has 3 N–H and O–H groups in total. The van der Waals surface area contributed by atoms with Crippen molar-refractivity contribution in [2.75, 3.05) is 5.32 Å². The highest BCUT2D eigenvalue weighted by Gasteiger charge is 2.24. The Hall–Kier alpha value is -2.47. The molecule has 0 unspecified atom stereocenters. The lowest BCUT2D eigenvalue weighted by molar-refractivity contribution is 0.0174. The highest BCUT2D eigenvalue weighted by Crippen LogP contribution is 2.27. The van der Waals surface area contributed by atoms with Crippen molar-refractivity contribution >= 4 is 11.7 Å². The molecule has 0 aromatic heterocycles. The van der Waals surface area contributed by atoms with Crippen molar-refractivity contribution in [2.24, 2.45) is 0 Å². The highest BCUT2D eigenvalue weighted by molar-refractivity contribution is 5.89. The first-order valence-electron chi connectivity index (χ1n) is 7.10. The van der Waals surface area contributed by atoms with E-state index in [1.54, 1.807) is 30.3 Å². The maximum atomic E-state index is 13.3. The molecule has 4 nitrogen and oxygen atoms in total. The molecule has 0 aliphatic carbocycles. The van der Waals surface area contributed by atoms with Gasteiger partial charge in [-0.3, -0.25) is 0 Å². The summed E-state index contributed by atoms with van der Waals surface area (Å²) in [6.45, 7) is 0.914. The minimum atomic E-state index is -2.91. The number of urea groups is 1. The van der Waals surface area contributed by atoms with Crippen molar-refractivity contribution in [3.63, 3.8) is 0 Å². The molecular weight excluding hydrogens is 302 g/mol. The van der Waals surface area contributed by atoms with Gasteiger partial charge in [-0.25, -0.2) is 13.6 Å². The second-order valence-electron chi connectivity index (χ2n) is 5.25. The number of carbonyl (C=O) groups excluding carboxylic acids is 1. The van der Waals surface area contributed by atoms with Crippen LogP contribution < -0.4 is 10.6 Å². The molecule has 0 spiro atoms. The van der Waals surface area contributed by atoms with Gasteiger partial charge in [0.25, 0.3) is 5.92 Å². The molecule has 2 aromatic rings. The van der Waals surface area contributed by atoms with Crippen molar-refractivity contribution < 1.29 is 18.7 Å². The highest BCUT2D eigenvalue weighted by atomic mass is 19.3. The van der Waals surface area contributed by atoms with Crippen LogP contribution in [0, 0.1) is 0 Å². The summed E-state index contributed by atoms with van der Waals surface area (Å²) in [5.74, 6) is -2.91. The first kappa shape index (κ1) is 16.9. The summed E-state index contributed by atoms with van der Waals surface area (Å²) in [4.78, 5) is 11.8. The van der Waals surface area contributed by atoms with Crippen molar-refractivity contribution in [1.29, 1.82) is 0 Å². The Kier molecular flexibility index (Phi) is 5.28. The summed E-state index contributed by atoms with van der Waals surface area (Å²) in [6, 6.07) is 12.2. The molecule has 6 heteroatoms. The zero-order valence-electron chi connectivity index (χ0n) is 12.6. The summed E-state index contributed by atoms with van der Waals surface area (Å²) in [5, 5.41) is 14.2. The third-order valence-electron chi connectivity index (χ3n) is 3.28. The molecule has 0 aliphatic heterocycles. The maximum absolute atomic E-state index is 13.3. The molecule has 0 heterocycles. The van der Waals surface area contributed by atoms with Gasteiger partial charge in [0.1, 0.15) is 0 Å². The van der Waals surface area contributed by atoms with Crippen LogP contribution >= 0.6 is 0 Å². The molecule has 0 radical (unpaired) electrons. The number of rotatable bonds is 5. The van der Waals surface area contributed by atoms with Crippen LogP contribution in [0.3, 0.4) is 0 Å². The number of amides is 2. The van der Waals surface area contributed by atoms with Crippen LogP contribution in [0.4, 0.5) is 19.3 Å². The number of alkyl halides is 2. The fraction of sp³-hybridized carbons (Fsp3) is 0.235. The van der Waals surface area contributed by atoms with Crippen molar-refractivity contribution in [2.45, 2.75) is 26.0 Å². The third-order valence-corrected chi connectivity index (χ3v) is 3.28. The van der Waals surface area contributed by atoms with E-state index in [1.807, 2.05) is 0 Å². The number of carbonyl (C=O) groups is 1. The van der Waals surface area contributed by atoms with E-state index in [9.17, 15) is 13.6 Å². The van der Waals surface area contributed by atoms with Gasteiger partial charge in [-0.05, 0) is 29.3 Å². The Balaban J connectivity index is 1.91. The van der Waals surface area contributed by atoms with Gasteiger partial charge >= 0.3 is 6.03 Å². The fourth-order valence-electron chi connectivity index (χ4n) is 2.01. The molecule has 0 atom stereocenters. The molecule has 122 valence electrons. The van der Waals surface area contributed by atoms with Crippen molar-refractivity contribution in [1.82, 2.24) is 5.32 Å². The molecule has 0 bridgehead atoms. The van der Waals surface area contributed by atoms with E-state index in [1.165, 1.54) is 18.2 Å². The summed E-state index contributed by atoms with van der Waals surface area (Å²) >= 11 is 0. The Morgan fingerprint density at radius 2 is 1.83 bits per heavy atom. The smallest absolute Gasteiger partial charge is 0.319 e. The van der Waals surface area contributed by atoms with E-state index in [4.69, 9.17) is 5.11 Å². The van der Waals surface area contributed by atoms with Gasteiger partial charge < -0.3 is 15.7 Å². The fourth-order valence-corrected chi connectivity index (χ4v) is 2.01. The van der Waals surface area contributed by atoms with Gasteiger partial charge in [0, 0.05) is 24.7 Å². The number of anilines is 1. The number of halogens is 2. The second-order valence-corrected chi connectivity index (χ2v) is 5.25. The summed E-state index contributed by atoms with van der Waals surface area (Å²) < 4.78 is 26.5. The normalized spacial score (nSPS) is 11.1. The average Bonchev–Trinajstić information content (AvgIpc) is 2.53. The van der Waals surface area contributed by atoms with E-state index < -0.39 is 12.0 Å². The van der Waals surface area contributed by atoms with Crippen LogP contribution in [0.15, 0.2) is 48.5 Å². The predicted octanol–water partition coefficient (Wildman–Crippen LogP) is 3.61. The van der Waals surface area contributed by atoms with E-state index in [0.717, 1.165) is 12.5 Å². The van der Waals surface area contributed by atoms with Crippen LogP contribution in [0.2, 0.25) is 0 Å². The standard InChI is InChI=1S/C17H18F2N2O2/c1-17(18,19)14-4-2-3-13(9-14)10-20-16(23)21-15-7-5-12(11-22)6-8-15/h2-9,22H,10-11H2,1H3,(H2,20,21,23). The topological polar surface area (TPSA) is 61.4 Å². The Morgan fingerprint density at radius 1 is 1.13 bits per heavy atom. The molecule has 2 aromatic carbocycles. The Morgan fingerprint density at radius 3 is 2.43 bits per heavy atom. The Bertz CT molecular complexity index is 667. The largest absolute Gasteiger partial charge is 0.392 e. The van der Waals surface area contributed by atoms with E-state index >= 15 is 0 Å². The van der Waals surface area contributed by atoms with Crippen molar-refractivity contribution in [3.8, 4) is 0 Å². The maximum Gasteiger partial charge on any atom is 0.319 e. The van der Waals surface area contributed by atoms with Crippen LogP contribution in [-0.2, 0) is 19.1 Å². The zero-order chi connectivity index (χ0) is 16.9. The van der Waals surface area contributed by atoms with Gasteiger partial charge in [0.2, 0.25) is 0 Å². The minimum Gasteiger partial charge on any atom is -0.392 e. The molecular formula is C17H18F2N2O2. The second kappa shape index (κ2) is 7.19. The van der Waals surface area contributed by atoms with E-state index in [0.29, 0.717) is 11.3 Å². The summed E-state index contributed by atoms with van der Waals surface area (Å²) in [7, 11) is 0.